The van der Waals surface area contributed by atoms with Crippen LogP contribution in [0.5, 0.6) is 0 Å². The van der Waals surface area contributed by atoms with Crippen molar-refractivity contribution in [3.05, 3.63) is 23.2 Å². The lowest BCUT2D eigenvalue weighted by molar-refractivity contribution is 0.0140. The summed E-state index contributed by atoms with van der Waals surface area (Å²) in [6.45, 7) is 8.14. The van der Waals surface area contributed by atoms with Crippen LogP contribution in [-0.4, -0.2) is 19.3 Å². The van der Waals surface area contributed by atoms with Crippen molar-refractivity contribution in [2.45, 2.75) is 40.0 Å². The van der Waals surface area contributed by atoms with Gasteiger partial charge >= 0.3 is 0 Å². The molecule has 1 aromatic heterocycles. The maximum Gasteiger partial charge on any atom is 0.118 e. The SMILES string of the molecule is Cc1oc(CN)cc1COCCOC(C)C. The number of hydrogen-bond donors (Lipinski definition) is 1. The van der Waals surface area contributed by atoms with E-state index in [0.717, 1.165) is 17.1 Å². The number of nitrogens with two attached hydrogens (primary N) is 1. The van der Waals surface area contributed by atoms with E-state index in [1.54, 1.807) is 0 Å². The van der Waals surface area contributed by atoms with Gasteiger partial charge in [0.05, 0.1) is 32.5 Å². The molecule has 0 aromatic carbocycles. The predicted octanol–water partition coefficient (Wildman–Crippen LogP) is 1.99. The first-order valence-corrected chi connectivity index (χ1v) is 5.61. The molecule has 0 bridgehead atoms. The van der Waals surface area contributed by atoms with E-state index in [1.165, 1.54) is 0 Å². The molecule has 0 unspecified atom stereocenters. The van der Waals surface area contributed by atoms with Crippen molar-refractivity contribution in [2.75, 3.05) is 13.2 Å². The van der Waals surface area contributed by atoms with E-state index in [4.69, 9.17) is 19.6 Å². The second-order valence-electron chi connectivity index (χ2n) is 3.97. The fourth-order valence-corrected chi connectivity index (χ4v) is 1.36. The summed E-state index contributed by atoms with van der Waals surface area (Å²) in [5.41, 5.74) is 6.55. The minimum absolute atomic E-state index is 0.253. The van der Waals surface area contributed by atoms with Gasteiger partial charge in [-0.15, -0.1) is 0 Å². The van der Waals surface area contributed by atoms with Gasteiger partial charge in [-0.3, -0.25) is 0 Å². The minimum atomic E-state index is 0.253. The Morgan fingerprint density at radius 3 is 2.69 bits per heavy atom. The lowest BCUT2D eigenvalue weighted by atomic mass is 10.2. The second kappa shape index (κ2) is 6.68. The summed E-state index contributed by atoms with van der Waals surface area (Å²) < 4.78 is 16.3. The zero-order chi connectivity index (χ0) is 12.0. The zero-order valence-electron chi connectivity index (χ0n) is 10.3. The lowest BCUT2D eigenvalue weighted by Gasteiger charge is -2.07. The second-order valence-corrected chi connectivity index (χ2v) is 3.97. The van der Waals surface area contributed by atoms with Gasteiger partial charge in [-0.05, 0) is 26.8 Å². The first kappa shape index (κ1) is 13.2. The largest absolute Gasteiger partial charge is 0.465 e. The summed E-state index contributed by atoms with van der Waals surface area (Å²) in [7, 11) is 0. The van der Waals surface area contributed by atoms with Crippen molar-refractivity contribution < 1.29 is 13.9 Å². The van der Waals surface area contributed by atoms with Crippen molar-refractivity contribution in [3.63, 3.8) is 0 Å². The van der Waals surface area contributed by atoms with Gasteiger partial charge in [0, 0.05) is 5.56 Å². The van der Waals surface area contributed by atoms with Gasteiger partial charge in [0.2, 0.25) is 0 Å². The highest BCUT2D eigenvalue weighted by molar-refractivity contribution is 5.19. The van der Waals surface area contributed by atoms with Gasteiger partial charge in [-0.1, -0.05) is 0 Å². The van der Waals surface area contributed by atoms with Crippen LogP contribution in [0.3, 0.4) is 0 Å². The van der Waals surface area contributed by atoms with Crippen molar-refractivity contribution in [3.8, 4) is 0 Å². The molecule has 0 saturated carbocycles. The molecule has 2 N–H and O–H groups in total. The van der Waals surface area contributed by atoms with Crippen molar-refractivity contribution >= 4 is 0 Å². The van der Waals surface area contributed by atoms with E-state index in [9.17, 15) is 0 Å². The molecule has 16 heavy (non-hydrogen) atoms. The lowest BCUT2D eigenvalue weighted by Crippen LogP contribution is -2.09. The highest BCUT2D eigenvalue weighted by Gasteiger charge is 2.06. The van der Waals surface area contributed by atoms with E-state index in [-0.39, 0.29) is 6.10 Å². The van der Waals surface area contributed by atoms with E-state index < -0.39 is 0 Å². The number of hydrogen-bond acceptors (Lipinski definition) is 4. The molecule has 0 aliphatic heterocycles. The number of aryl methyl sites for hydroxylation is 1. The van der Waals surface area contributed by atoms with Gasteiger partial charge in [-0.2, -0.15) is 0 Å². The fraction of sp³-hybridized carbons (Fsp3) is 0.667. The average molecular weight is 227 g/mol. The van der Waals surface area contributed by atoms with Crippen LogP contribution >= 0.6 is 0 Å². The monoisotopic (exact) mass is 227 g/mol. The maximum atomic E-state index is 5.49. The Morgan fingerprint density at radius 1 is 1.38 bits per heavy atom. The molecule has 0 atom stereocenters. The molecule has 4 heteroatoms. The Morgan fingerprint density at radius 2 is 2.12 bits per heavy atom. The number of furan rings is 1. The molecule has 0 fully saturated rings. The molecule has 4 nitrogen and oxygen atoms in total. The predicted molar refractivity (Wildman–Crippen MR) is 62.1 cm³/mol. The van der Waals surface area contributed by atoms with E-state index in [1.807, 2.05) is 26.8 Å². The van der Waals surface area contributed by atoms with Crippen LogP contribution in [0.2, 0.25) is 0 Å². The highest BCUT2D eigenvalue weighted by atomic mass is 16.5. The third-order valence-electron chi connectivity index (χ3n) is 2.21. The molecule has 0 aliphatic carbocycles. The highest BCUT2D eigenvalue weighted by Crippen LogP contribution is 2.14. The van der Waals surface area contributed by atoms with E-state index in [2.05, 4.69) is 0 Å². The molecule has 0 radical (unpaired) electrons. The van der Waals surface area contributed by atoms with Crippen LogP contribution in [0.1, 0.15) is 30.9 Å². The Hall–Kier alpha value is -0.840. The topological polar surface area (TPSA) is 57.6 Å². The number of rotatable bonds is 7. The molecule has 1 rings (SSSR count). The van der Waals surface area contributed by atoms with Crippen LogP contribution in [0, 0.1) is 6.92 Å². The summed E-state index contributed by atoms with van der Waals surface area (Å²) in [5, 5.41) is 0. The smallest absolute Gasteiger partial charge is 0.118 e. The van der Waals surface area contributed by atoms with Gasteiger partial charge in [0.1, 0.15) is 11.5 Å². The third kappa shape index (κ3) is 4.35. The summed E-state index contributed by atoms with van der Waals surface area (Å²) in [4.78, 5) is 0. The van der Waals surface area contributed by atoms with Crippen molar-refractivity contribution in [1.29, 1.82) is 0 Å². The van der Waals surface area contributed by atoms with Gasteiger partial charge in [0.15, 0.2) is 0 Å². The molecule has 1 heterocycles. The summed E-state index contributed by atoms with van der Waals surface area (Å²) in [6.07, 6.45) is 0.253. The molecule has 92 valence electrons. The quantitative estimate of drug-likeness (QED) is 0.724. The van der Waals surface area contributed by atoms with Crippen LogP contribution in [0.15, 0.2) is 10.5 Å². The average Bonchev–Trinajstić information content (AvgIpc) is 2.59. The molecular weight excluding hydrogens is 206 g/mol. The van der Waals surface area contributed by atoms with Gasteiger partial charge in [0.25, 0.3) is 0 Å². The van der Waals surface area contributed by atoms with E-state index in [0.29, 0.717) is 26.4 Å². The first-order valence-electron chi connectivity index (χ1n) is 5.61. The Balaban J connectivity index is 2.23. The van der Waals surface area contributed by atoms with Crippen LogP contribution < -0.4 is 5.73 Å². The Bertz CT molecular complexity index is 307. The van der Waals surface area contributed by atoms with Crippen molar-refractivity contribution in [2.24, 2.45) is 5.73 Å². The van der Waals surface area contributed by atoms with Gasteiger partial charge < -0.3 is 19.6 Å². The zero-order valence-corrected chi connectivity index (χ0v) is 10.3. The van der Waals surface area contributed by atoms with Gasteiger partial charge in [-0.25, -0.2) is 0 Å². The summed E-state index contributed by atoms with van der Waals surface area (Å²) in [6, 6.07) is 1.94. The molecule has 0 amide bonds. The standard InChI is InChI=1S/C12H21NO3/c1-9(2)15-5-4-14-8-11-6-12(7-13)16-10(11)3/h6,9H,4-5,7-8,13H2,1-3H3. The van der Waals surface area contributed by atoms with Crippen LogP contribution in [-0.2, 0) is 22.6 Å². The summed E-state index contributed by atoms with van der Waals surface area (Å²) in [5.74, 6) is 1.68. The molecule has 0 aliphatic rings. The first-order chi connectivity index (χ1) is 7.63. The minimum Gasteiger partial charge on any atom is -0.465 e. The van der Waals surface area contributed by atoms with Crippen molar-refractivity contribution in [1.82, 2.24) is 0 Å². The Labute approximate surface area is 96.7 Å². The summed E-state index contributed by atoms with van der Waals surface area (Å²) >= 11 is 0. The third-order valence-corrected chi connectivity index (χ3v) is 2.21. The number of ether oxygens (including phenoxy) is 2. The Kier molecular flexibility index (Phi) is 5.52. The maximum absolute atomic E-state index is 5.49. The normalized spacial score (nSPS) is 11.3. The fourth-order valence-electron chi connectivity index (χ4n) is 1.36. The van der Waals surface area contributed by atoms with Crippen LogP contribution in [0.4, 0.5) is 0 Å². The molecule has 0 spiro atoms. The van der Waals surface area contributed by atoms with E-state index >= 15 is 0 Å². The molecular formula is C12H21NO3. The van der Waals surface area contributed by atoms with Crippen LogP contribution in [0.25, 0.3) is 0 Å². The molecule has 0 saturated heterocycles. The molecule has 1 aromatic rings.